The van der Waals surface area contributed by atoms with Crippen molar-refractivity contribution in [2.45, 2.75) is 64.3 Å². The van der Waals surface area contributed by atoms with Gasteiger partial charge in [0.05, 0.1) is 7.11 Å². The summed E-state index contributed by atoms with van der Waals surface area (Å²) in [5.74, 6) is 1.29. The van der Waals surface area contributed by atoms with E-state index >= 15 is 0 Å². The van der Waals surface area contributed by atoms with Crippen molar-refractivity contribution in [3.05, 3.63) is 30.0 Å². The molecule has 1 atom stereocenters. The van der Waals surface area contributed by atoms with Gasteiger partial charge in [-0.3, -0.25) is 9.59 Å². The fourth-order valence-electron chi connectivity index (χ4n) is 5.33. The highest BCUT2D eigenvalue weighted by atomic mass is 16.5. The molecule has 2 N–H and O–H groups in total. The van der Waals surface area contributed by atoms with Crippen molar-refractivity contribution in [3.63, 3.8) is 0 Å². The van der Waals surface area contributed by atoms with Crippen molar-refractivity contribution < 1.29 is 14.3 Å². The van der Waals surface area contributed by atoms with E-state index in [1.54, 1.807) is 7.11 Å². The Kier molecular flexibility index (Phi) is 8.48. The van der Waals surface area contributed by atoms with Crippen LogP contribution in [0.3, 0.4) is 0 Å². The number of amides is 2. The topological polar surface area (TPSA) is 77.7 Å². The standard InChI is InChI=1S/C27H40N4O3/c1-20(30-13-5-3-4-6-14-30)9-12-28-26(32)17-21-10-15-31(16-11-21)27(33)25-18-22-7-8-23(34-2)19-24(22)29-25/h7-8,18-21,29H,3-6,9-17H2,1-2H3,(H,28,32)/t20-/m1/s1. The number of benzene rings is 1. The molecule has 0 spiro atoms. The summed E-state index contributed by atoms with van der Waals surface area (Å²) in [5, 5.41) is 4.14. The van der Waals surface area contributed by atoms with Crippen LogP contribution in [0.4, 0.5) is 0 Å². The lowest BCUT2D eigenvalue weighted by Gasteiger charge is -2.31. The van der Waals surface area contributed by atoms with E-state index in [0.717, 1.165) is 42.5 Å². The van der Waals surface area contributed by atoms with E-state index in [4.69, 9.17) is 4.74 Å². The van der Waals surface area contributed by atoms with Crippen LogP contribution in [0, 0.1) is 5.92 Å². The SMILES string of the molecule is COc1ccc2cc(C(=O)N3CCC(CC(=O)NCC[C@@H](C)N4CCCCCC4)CC3)[nH]c2c1. The molecule has 0 radical (unpaired) electrons. The number of likely N-dealkylation sites (tertiary alicyclic amines) is 2. The Hall–Kier alpha value is -2.54. The molecule has 0 bridgehead atoms. The number of carbonyl (C=O) groups excluding carboxylic acids is 2. The van der Waals surface area contributed by atoms with Crippen LogP contribution in [0.2, 0.25) is 0 Å². The Morgan fingerprint density at radius 1 is 1.09 bits per heavy atom. The molecular weight excluding hydrogens is 428 g/mol. The molecule has 0 unspecified atom stereocenters. The van der Waals surface area contributed by atoms with Gasteiger partial charge in [-0.15, -0.1) is 0 Å². The molecule has 0 saturated carbocycles. The molecule has 7 nitrogen and oxygen atoms in total. The van der Waals surface area contributed by atoms with E-state index in [-0.39, 0.29) is 11.8 Å². The maximum Gasteiger partial charge on any atom is 0.270 e. The van der Waals surface area contributed by atoms with Crippen LogP contribution in [0.5, 0.6) is 5.75 Å². The van der Waals surface area contributed by atoms with Crippen molar-refractivity contribution in [3.8, 4) is 5.75 Å². The first-order valence-electron chi connectivity index (χ1n) is 13.0. The minimum atomic E-state index is 0.0283. The lowest BCUT2D eigenvalue weighted by molar-refractivity contribution is -0.122. The molecule has 2 fully saturated rings. The molecule has 2 aliphatic rings. The number of fused-ring (bicyclic) bond motifs is 1. The largest absolute Gasteiger partial charge is 0.497 e. The van der Waals surface area contributed by atoms with Crippen LogP contribution in [0.1, 0.15) is 68.8 Å². The number of rotatable bonds is 8. The second-order valence-corrected chi connectivity index (χ2v) is 10.0. The molecule has 34 heavy (non-hydrogen) atoms. The fraction of sp³-hybridized carbons (Fsp3) is 0.630. The summed E-state index contributed by atoms with van der Waals surface area (Å²) < 4.78 is 5.27. The monoisotopic (exact) mass is 468 g/mol. The average Bonchev–Trinajstić information content (AvgIpc) is 3.08. The molecule has 2 aromatic rings. The highest BCUT2D eigenvalue weighted by Gasteiger charge is 2.26. The molecule has 1 aromatic carbocycles. The van der Waals surface area contributed by atoms with Gasteiger partial charge in [0, 0.05) is 49.1 Å². The van der Waals surface area contributed by atoms with Crippen molar-refractivity contribution >= 4 is 22.7 Å². The molecule has 0 aliphatic carbocycles. The van der Waals surface area contributed by atoms with Gasteiger partial charge in [-0.05, 0) is 76.2 Å². The second-order valence-electron chi connectivity index (χ2n) is 10.0. The lowest BCUT2D eigenvalue weighted by Crippen LogP contribution is -2.40. The number of nitrogens with zero attached hydrogens (tertiary/aromatic N) is 2. The van der Waals surface area contributed by atoms with Crippen molar-refractivity contribution in [1.82, 2.24) is 20.1 Å². The molecule has 186 valence electrons. The smallest absolute Gasteiger partial charge is 0.270 e. The fourth-order valence-corrected chi connectivity index (χ4v) is 5.33. The molecule has 7 heteroatoms. The van der Waals surface area contributed by atoms with Crippen molar-refractivity contribution in [1.29, 1.82) is 0 Å². The molecule has 2 aliphatic heterocycles. The van der Waals surface area contributed by atoms with Gasteiger partial charge in [0.25, 0.3) is 5.91 Å². The van der Waals surface area contributed by atoms with Crippen LogP contribution in [-0.4, -0.2) is 72.5 Å². The lowest BCUT2D eigenvalue weighted by atomic mass is 9.93. The zero-order chi connectivity index (χ0) is 23.9. The Labute approximate surface area is 203 Å². The van der Waals surface area contributed by atoms with E-state index in [2.05, 4.69) is 22.1 Å². The first-order valence-corrected chi connectivity index (χ1v) is 13.0. The number of hydrogen-bond acceptors (Lipinski definition) is 4. The third-order valence-corrected chi connectivity index (χ3v) is 7.58. The number of hydrogen-bond donors (Lipinski definition) is 2. The van der Waals surface area contributed by atoms with Gasteiger partial charge in [0.15, 0.2) is 0 Å². The van der Waals surface area contributed by atoms with Crippen LogP contribution < -0.4 is 10.1 Å². The number of piperidine rings is 1. The normalized spacial score (nSPS) is 19.1. The van der Waals surface area contributed by atoms with E-state index in [1.165, 1.54) is 38.8 Å². The van der Waals surface area contributed by atoms with Gasteiger partial charge in [0.1, 0.15) is 11.4 Å². The van der Waals surface area contributed by atoms with Gasteiger partial charge in [-0.25, -0.2) is 0 Å². The number of aromatic nitrogens is 1. The number of methoxy groups -OCH3 is 1. The summed E-state index contributed by atoms with van der Waals surface area (Å²) in [7, 11) is 1.64. The van der Waals surface area contributed by atoms with E-state index in [0.29, 0.717) is 37.2 Å². The van der Waals surface area contributed by atoms with Gasteiger partial charge in [-0.2, -0.15) is 0 Å². The molecule has 1 aromatic heterocycles. The van der Waals surface area contributed by atoms with Gasteiger partial charge in [-0.1, -0.05) is 12.8 Å². The number of ether oxygens (including phenoxy) is 1. The highest BCUT2D eigenvalue weighted by Crippen LogP contribution is 2.25. The minimum Gasteiger partial charge on any atom is -0.497 e. The van der Waals surface area contributed by atoms with Crippen LogP contribution >= 0.6 is 0 Å². The summed E-state index contributed by atoms with van der Waals surface area (Å²) in [5.41, 5.74) is 1.51. The van der Waals surface area contributed by atoms with Gasteiger partial charge < -0.3 is 24.8 Å². The van der Waals surface area contributed by atoms with Gasteiger partial charge >= 0.3 is 0 Å². The van der Waals surface area contributed by atoms with E-state index < -0.39 is 0 Å². The van der Waals surface area contributed by atoms with Crippen LogP contribution in [0.25, 0.3) is 10.9 Å². The maximum atomic E-state index is 13.0. The van der Waals surface area contributed by atoms with Crippen LogP contribution in [-0.2, 0) is 4.79 Å². The van der Waals surface area contributed by atoms with Crippen molar-refractivity contribution in [2.24, 2.45) is 5.92 Å². The zero-order valence-electron chi connectivity index (χ0n) is 20.8. The number of carbonyl (C=O) groups is 2. The number of H-pyrrole nitrogens is 1. The Morgan fingerprint density at radius 2 is 1.82 bits per heavy atom. The Balaban J connectivity index is 1.18. The Morgan fingerprint density at radius 3 is 2.53 bits per heavy atom. The van der Waals surface area contributed by atoms with Gasteiger partial charge in [0.2, 0.25) is 5.91 Å². The Bertz CT molecular complexity index is 956. The summed E-state index contributed by atoms with van der Waals surface area (Å²) in [6.07, 6.45) is 8.61. The van der Waals surface area contributed by atoms with Crippen molar-refractivity contribution in [2.75, 3.05) is 39.8 Å². The molecule has 2 amide bonds. The quantitative estimate of drug-likeness (QED) is 0.609. The van der Waals surface area contributed by atoms with Crippen LogP contribution in [0.15, 0.2) is 24.3 Å². The molecular formula is C27H40N4O3. The summed E-state index contributed by atoms with van der Waals surface area (Å²) in [6, 6.07) is 8.20. The molecule has 2 saturated heterocycles. The predicted molar refractivity (Wildman–Crippen MR) is 135 cm³/mol. The number of nitrogens with one attached hydrogen (secondary N) is 2. The highest BCUT2D eigenvalue weighted by molar-refractivity contribution is 5.98. The number of aromatic amines is 1. The first-order chi connectivity index (χ1) is 16.5. The maximum absolute atomic E-state index is 13.0. The van der Waals surface area contributed by atoms with E-state index in [1.807, 2.05) is 29.2 Å². The second kappa shape index (κ2) is 11.7. The zero-order valence-corrected chi connectivity index (χ0v) is 20.8. The third kappa shape index (κ3) is 6.32. The minimum absolute atomic E-state index is 0.0283. The summed E-state index contributed by atoms with van der Waals surface area (Å²) in [4.78, 5) is 33.2. The molecule has 4 rings (SSSR count). The average molecular weight is 469 g/mol. The summed E-state index contributed by atoms with van der Waals surface area (Å²) in [6.45, 7) is 6.81. The van der Waals surface area contributed by atoms with E-state index in [9.17, 15) is 9.59 Å². The first kappa shape index (κ1) is 24.6. The molecule has 3 heterocycles. The summed E-state index contributed by atoms with van der Waals surface area (Å²) >= 11 is 0. The third-order valence-electron chi connectivity index (χ3n) is 7.58. The predicted octanol–water partition coefficient (Wildman–Crippen LogP) is 4.19.